The van der Waals surface area contributed by atoms with Gasteiger partial charge in [-0.3, -0.25) is 4.99 Å². The van der Waals surface area contributed by atoms with Crippen molar-refractivity contribution < 1.29 is 0 Å². The predicted molar refractivity (Wildman–Crippen MR) is 90.9 cm³/mol. The van der Waals surface area contributed by atoms with Crippen LogP contribution in [-0.2, 0) is 6.42 Å². The van der Waals surface area contributed by atoms with Crippen LogP contribution in [0.25, 0.3) is 0 Å². The summed E-state index contributed by atoms with van der Waals surface area (Å²) in [7, 11) is 0. The van der Waals surface area contributed by atoms with Crippen molar-refractivity contribution in [3.63, 3.8) is 0 Å². The van der Waals surface area contributed by atoms with Crippen molar-refractivity contribution in [3.05, 3.63) is 21.9 Å². The van der Waals surface area contributed by atoms with Crippen molar-refractivity contribution in [3.8, 4) is 0 Å². The van der Waals surface area contributed by atoms with Crippen LogP contribution >= 0.6 is 23.1 Å². The highest BCUT2D eigenvalue weighted by atomic mass is 32.2. The Morgan fingerprint density at radius 1 is 1.40 bits per heavy atom. The van der Waals surface area contributed by atoms with E-state index in [-0.39, 0.29) is 0 Å². The van der Waals surface area contributed by atoms with Gasteiger partial charge in [-0.15, -0.1) is 11.3 Å². The highest BCUT2D eigenvalue weighted by molar-refractivity contribution is 8.14. The zero-order chi connectivity index (χ0) is 13.9. The van der Waals surface area contributed by atoms with Crippen LogP contribution in [0.1, 0.15) is 56.0 Å². The van der Waals surface area contributed by atoms with Crippen LogP contribution in [0.4, 0.5) is 0 Å². The van der Waals surface area contributed by atoms with Gasteiger partial charge >= 0.3 is 0 Å². The number of aliphatic imine (C=N–C) groups is 1. The fourth-order valence-electron chi connectivity index (χ4n) is 3.32. The molecule has 0 bridgehead atoms. The molecule has 0 fully saturated rings. The molecule has 0 aromatic carbocycles. The molecule has 2 heterocycles. The molecule has 0 radical (unpaired) electrons. The summed E-state index contributed by atoms with van der Waals surface area (Å²) in [5.74, 6) is 0.811. The molecular weight excluding hydrogens is 284 g/mol. The van der Waals surface area contributed by atoms with E-state index in [2.05, 4.69) is 30.6 Å². The monoisotopic (exact) mass is 308 g/mol. The van der Waals surface area contributed by atoms with Crippen LogP contribution in [0.2, 0.25) is 0 Å². The molecule has 3 rings (SSSR count). The van der Waals surface area contributed by atoms with Crippen LogP contribution < -0.4 is 5.32 Å². The molecule has 110 valence electrons. The number of hydrogen-bond donors (Lipinski definition) is 1. The van der Waals surface area contributed by atoms with Crippen molar-refractivity contribution in [1.82, 2.24) is 5.32 Å². The summed E-state index contributed by atoms with van der Waals surface area (Å²) in [6.07, 6.45) is 6.36. The van der Waals surface area contributed by atoms with Crippen molar-refractivity contribution in [2.75, 3.05) is 6.54 Å². The Labute approximate surface area is 130 Å². The highest BCUT2D eigenvalue weighted by Crippen LogP contribution is 2.36. The van der Waals surface area contributed by atoms with Gasteiger partial charge in [0.1, 0.15) is 0 Å². The zero-order valence-corrected chi connectivity index (χ0v) is 14.0. The SMILES string of the molecule is CCC(CC)C1CN=C(NC2CCCc3sccc32)S1. The van der Waals surface area contributed by atoms with Crippen LogP contribution in [0.15, 0.2) is 16.4 Å². The zero-order valence-electron chi connectivity index (χ0n) is 12.4. The molecule has 0 spiro atoms. The molecule has 2 unspecified atom stereocenters. The number of hydrogen-bond acceptors (Lipinski definition) is 4. The van der Waals surface area contributed by atoms with Crippen molar-refractivity contribution in [2.45, 2.75) is 57.2 Å². The van der Waals surface area contributed by atoms with E-state index in [0.717, 1.165) is 12.5 Å². The predicted octanol–water partition coefficient (Wildman–Crippen LogP) is 4.62. The lowest BCUT2D eigenvalue weighted by Gasteiger charge is -2.25. The van der Waals surface area contributed by atoms with Gasteiger partial charge in [0.05, 0.1) is 12.6 Å². The second-order valence-electron chi connectivity index (χ2n) is 5.77. The smallest absolute Gasteiger partial charge is 0.157 e. The van der Waals surface area contributed by atoms with Gasteiger partial charge in [0, 0.05) is 10.1 Å². The number of nitrogens with zero attached hydrogens (tertiary/aromatic N) is 1. The third-order valence-electron chi connectivity index (χ3n) is 4.60. The molecule has 1 aromatic heterocycles. The largest absolute Gasteiger partial charge is 0.358 e. The first-order valence-corrected chi connectivity index (χ1v) is 9.61. The average Bonchev–Trinajstić information content (AvgIpc) is 3.10. The normalized spacial score (nSPS) is 25.6. The highest BCUT2D eigenvalue weighted by Gasteiger charge is 2.28. The van der Waals surface area contributed by atoms with Crippen LogP contribution in [-0.4, -0.2) is 17.0 Å². The summed E-state index contributed by atoms with van der Waals surface area (Å²) in [6.45, 7) is 5.61. The number of aryl methyl sites for hydroxylation is 1. The van der Waals surface area contributed by atoms with Crippen molar-refractivity contribution in [1.29, 1.82) is 0 Å². The molecule has 0 saturated heterocycles. The number of rotatable bonds is 4. The Morgan fingerprint density at radius 3 is 3.05 bits per heavy atom. The standard InChI is InChI=1S/C16H24N2S2/c1-3-11(4-2)15-10-17-16(20-15)18-13-6-5-7-14-12(13)8-9-19-14/h8-9,11,13,15H,3-7,10H2,1-2H3,(H,17,18). The lowest BCUT2D eigenvalue weighted by Crippen LogP contribution is -2.28. The van der Waals surface area contributed by atoms with Gasteiger partial charge in [0.25, 0.3) is 0 Å². The summed E-state index contributed by atoms with van der Waals surface area (Å²) in [6, 6.07) is 2.80. The third-order valence-corrected chi connectivity index (χ3v) is 6.91. The molecule has 4 heteroatoms. The number of thioether (sulfide) groups is 1. The molecule has 1 N–H and O–H groups in total. The van der Waals surface area contributed by atoms with E-state index >= 15 is 0 Å². The van der Waals surface area contributed by atoms with Crippen molar-refractivity contribution in [2.24, 2.45) is 10.9 Å². The van der Waals surface area contributed by atoms with E-state index in [4.69, 9.17) is 4.99 Å². The maximum absolute atomic E-state index is 4.76. The molecule has 2 atom stereocenters. The fraction of sp³-hybridized carbons (Fsp3) is 0.688. The van der Waals surface area contributed by atoms with E-state index in [0.29, 0.717) is 11.3 Å². The minimum Gasteiger partial charge on any atom is -0.358 e. The summed E-state index contributed by atoms with van der Waals surface area (Å²) in [5, 5.41) is 7.83. The van der Waals surface area contributed by atoms with Crippen LogP contribution in [0.5, 0.6) is 0 Å². The van der Waals surface area contributed by atoms with Gasteiger partial charge in [-0.05, 0) is 42.2 Å². The van der Waals surface area contributed by atoms with E-state index in [9.17, 15) is 0 Å². The van der Waals surface area contributed by atoms with Gasteiger partial charge in [0.2, 0.25) is 0 Å². The molecule has 20 heavy (non-hydrogen) atoms. The topological polar surface area (TPSA) is 24.4 Å². The quantitative estimate of drug-likeness (QED) is 0.877. The van der Waals surface area contributed by atoms with Gasteiger partial charge in [0.15, 0.2) is 5.17 Å². The van der Waals surface area contributed by atoms with Crippen molar-refractivity contribution >= 4 is 28.3 Å². The lowest BCUT2D eigenvalue weighted by molar-refractivity contribution is 0.479. The van der Waals surface area contributed by atoms with E-state index < -0.39 is 0 Å². The van der Waals surface area contributed by atoms with Gasteiger partial charge < -0.3 is 5.32 Å². The lowest BCUT2D eigenvalue weighted by atomic mass is 9.94. The van der Waals surface area contributed by atoms with E-state index in [1.54, 1.807) is 4.88 Å². The fourth-order valence-corrected chi connectivity index (χ4v) is 5.68. The Balaban J connectivity index is 1.61. The first kappa shape index (κ1) is 14.5. The first-order chi connectivity index (χ1) is 9.81. The Bertz CT molecular complexity index is 477. The minimum atomic E-state index is 0.497. The molecular formula is C16H24N2S2. The van der Waals surface area contributed by atoms with Crippen LogP contribution in [0.3, 0.4) is 0 Å². The molecule has 1 aliphatic carbocycles. The molecule has 2 aliphatic rings. The van der Waals surface area contributed by atoms with Gasteiger partial charge in [-0.2, -0.15) is 0 Å². The Hall–Kier alpha value is -0.480. The second-order valence-corrected chi connectivity index (χ2v) is 8.00. The van der Waals surface area contributed by atoms with E-state index in [1.165, 1.54) is 42.8 Å². The Morgan fingerprint density at radius 2 is 2.25 bits per heavy atom. The number of fused-ring (bicyclic) bond motifs is 1. The summed E-state index contributed by atoms with van der Waals surface area (Å²) in [4.78, 5) is 6.33. The molecule has 0 amide bonds. The maximum Gasteiger partial charge on any atom is 0.157 e. The summed E-state index contributed by atoms with van der Waals surface area (Å²) < 4.78 is 0. The second kappa shape index (κ2) is 6.52. The van der Waals surface area contributed by atoms with E-state index in [1.807, 2.05) is 23.1 Å². The van der Waals surface area contributed by atoms with Crippen LogP contribution in [0, 0.1) is 5.92 Å². The summed E-state index contributed by atoms with van der Waals surface area (Å²) in [5.41, 5.74) is 1.52. The third kappa shape index (κ3) is 2.91. The van der Waals surface area contributed by atoms with Gasteiger partial charge in [-0.1, -0.05) is 38.5 Å². The molecule has 0 saturated carbocycles. The Kier molecular flexibility index (Phi) is 4.72. The minimum absolute atomic E-state index is 0.497. The number of nitrogens with one attached hydrogen (secondary N) is 1. The summed E-state index contributed by atoms with van der Waals surface area (Å²) >= 11 is 3.89. The average molecular weight is 309 g/mol. The maximum atomic E-state index is 4.76. The molecule has 2 nitrogen and oxygen atoms in total. The molecule has 1 aromatic rings. The van der Waals surface area contributed by atoms with Gasteiger partial charge in [-0.25, -0.2) is 0 Å². The number of thiophene rings is 1. The molecule has 1 aliphatic heterocycles. The first-order valence-electron chi connectivity index (χ1n) is 7.85. The number of amidine groups is 1.